The molecule has 7 heteroatoms. The third-order valence-electron chi connectivity index (χ3n) is 5.31. The lowest BCUT2D eigenvalue weighted by Gasteiger charge is -2.35. The summed E-state index contributed by atoms with van der Waals surface area (Å²) in [5.41, 5.74) is 1.11. The van der Waals surface area contributed by atoms with Gasteiger partial charge in [-0.1, -0.05) is 29.8 Å². The summed E-state index contributed by atoms with van der Waals surface area (Å²) in [4.78, 5) is 29.6. The van der Waals surface area contributed by atoms with Crippen molar-refractivity contribution in [3.63, 3.8) is 0 Å². The van der Waals surface area contributed by atoms with Gasteiger partial charge in [-0.15, -0.1) is 0 Å². The Bertz CT molecular complexity index is 883. The molecule has 2 saturated heterocycles. The lowest BCUT2D eigenvalue weighted by atomic mass is 10.1. The van der Waals surface area contributed by atoms with E-state index in [2.05, 4.69) is 4.90 Å². The monoisotopic (exact) mass is 388 g/mol. The zero-order valence-corrected chi connectivity index (χ0v) is 15.5. The molecule has 2 heterocycles. The van der Waals surface area contributed by atoms with E-state index in [1.54, 1.807) is 12.1 Å². The van der Waals surface area contributed by atoms with Gasteiger partial charge < -0.3 is 9.80 Å². The van der Waals surface area contributed by atoms with Gasteiger partial charge in [-0.05, 0) is 30.3 Å². The molecule has 2 fully saturated rings. The minimum absolute atomic E-state index is 0.0481. The Morgan fingerprint density at radius 2 is 1.78 bits per heavy atom. The molecular weight excluding hydrogens is 369 g/mol. The van der Waals surface area contributed by atoms with E-state index in [1.165, 1.54) is 12.1 Å². The molecule has 0 saturated carbocycles. The average Bonchev–Trinajstić information content (AvgIpc) is 2.97. The van der Waals surface area contributed by atoms with Crippen molar-refractivity contribution < 1.29 is 18.9 Å². The van der Waals surface area contributed by atoms with Crippen LogP contribution in [0, 0.1) is 5.82 Å². The third-order valence-corrected chi connectivity index (χ3v) is 5.55. The fourth-order valence-corrected chi connectivity index (χ4v) is 4.09. The Kier molecular flexibility index (Phi) is 4.85. The summed E-state index contributed by atoms with van der Waals surface area (Å²) in [5.74, 6) is -1.20. The van der Waals surface area contributed by atoms with E-state index in [0.717, 1.165) is 41.7 Å². The number of rotatable bonds is 3. The molecule has 2 aliphatic rings. The zero-order chi connectivity index (χ0) is 19.0. The first-order chi connectivity index (χ1) is 13.0. The van der Waals surface area contributed by atoms with Crippen molar-refractivity contribution in [2.75, 3.05) is 36.0 Å². The predicted molar refractivity (Wildman–Crippen MR) is 102 cm³/mol. The molecule has 5 nitrogen and oxygen atoms in total. The summed E-state index contributed by atoms with van der Waals surface area (Å²) in [6.45, 7) is 3.02. The van der Waals surface area contributed by atoms with E-state index in [-0.39, 0.29) is 23.9 Å². The molecule has 27 heavy (non-hydrogen) atoms. The SMILES string of the molecule is O=C1C[C@H]([NH+]2CCN(c3cccc(Cl)c3)CC2)C(=O)N1c1ccccc1F. The first-order valence-electron chi connectivity index (χ1n) is 9.01. The van der Waals surface area contributed by atoms with Crippen LogP contribution in [0.5, 0.6) is 0 Å². The van der Waals surface area contributed by atoms with Gasteiger partial charge >= 0.3 is 0 Å². The molecule has 0 bridgehead atoms. The van der Waals surface area contributed by atoms with Gasteiger partial charge in [-0.2, -0.15) is 0 Å². The fourth-order valence-electron chi connectivity index (χ4n) is 3.91. The molecule has 0 spiro atoms. The molecule has 1 atom stereocenters. The largest absolute Gasteiger partial charge is 0.360 e. The van der Waals surface area contributed by atoms with E-state index in [4.69, 9.17) is 11.6 Å². The summed E-state index contributed by atoms with van der Waals surface area (Å²) >= 11 is 6.07. The maximum Gasteiger partial charge on any atom is 0.292 e. The second-order valence-electron chi connectivity index (χ2n) is 6.90. The number of nitrogens with one attached hydrogen (secondary N) is 1. The quantitative estimate of drug-likeness (QED) is 0.811. The summed E-state index contributed by atoms with van der Waals surface area (Å²) < 4.78 is 14.1. The molecule has 0 radical (unpaired) electrons. The fraction of sp³-hybridized carbons (Fsp3) is 0.300. The number of halogens is 2. The van der Waals surface area contributed by atoms with Crippen LogP contribution in [-0.2, 0) is 9.59 Å². The van der Waals surface area contributed by atoms with Crippen LogP contribution in [0.1, 0.15) is 6.42 Å². The number of carbonyl (C=O) groups excluding carboxylic acids is 2. The normalized spacial score (nSPS) is 21.2. The number of quaternary nitrogens is 1. The maximum absolute atomic E-state index is 14.1. The number of para-hydroxylation sites is 1. The molecule has 2 amide bonds. The summed E-state index contributed by atoms with van der Waals surface area (Å²) in [6.07, 6.45) is 0.125. The van der Waals surface area contributed by atoms with Crippen LogP contribution in [0.25, 0.3) is 0 Å². The van der Waals surface area contributed by atoms with Gasteiger partial charge in [0, 0.05) is 10.7 Å². The minimum Gasteiger partial charge on any atom is -0.360 e. The van der Waals surface area contributed by atoms with Gasteiger partial charge in [0.05, 0.1) is 38.3 Å². The van der Waals surface area contributed by atoms with E-state index in [0.29, 0.717) is 5.02 Å². The number of hydrogen-bond donors (Lipinski definition) is 1. The zero-order valence-electron chi connectivity index (χ0n) is 14.7. The Morgan fingerprint density at radius 1 is 1.04 bits per heavy atom. The van der Waals surface area contributed by atoms with Gasteiger partial charge in [0.2, 0.25) is 5.91 Å². The molecule has 140 valence electrons. The van der Waals surface area contributed by atoms with Crippen LogP contribution in [0.3, 0.4) is 0 Å². The van der Waals surface area contributed by atoms with E-state index in [9.17, 15) is 14.0 Å². The highest BCUT2D eigenvalue weighted by atomic mass is 35.5. The Balaban J connectivity index is 1.45. The Morgan fingerprint density at radius 3 is 2.48 bits per heavy atom. The van der Waals surface area contributed by atoms with Crippen LogP contribution in [-0.4, -0.2) is 44.0 Å². The topological polar surface area (TPSA) is 45.1 Å². The molecule has 2 aromatic carbocycles. The van der Waals surface area contributed by atoms with E-state index >= 15 is 0 Å². The highest BCUT2D eigenvalue weighted by Gasteiger charge is 2.47. The second-order valence-corrected chi connectivity index (χ2v) is 7.34. The van der Waals surface area contributed by atoms with Crippen molar-refractivity contribution in [3.05, 3.63) is 59.4 Å². The lowest BCUT2D eigenvalue weighted by molar-refractivity contribution is -0.915. The number of amides is 2. The number of carbonyl (C=O) groups is 2. The van der Waals surface area contributed by atoms with Crippen molar-refractivity contribution in [1.82, 2.24) is 0 Å². The van der Waals surface area contributed by atoms with Crippen molar-refractivity contribution in [2.45, 2.75) is 12.5 Å². The van der Waals surface area contributed by atoms with Crippen molar-refractivity contribution in [1.29, 1.82) is 0 Å². The average molecular weight is 389 g/mol. The molecule has 1 N–H and O–H groups in total. The van der Waals surface area contributed by atoms with E-state index in [1.807, 2.05) is 24.3 Å². The van der Waals surface area contributed by atoms with Crippen LogP contribution >= 0.6 is 11.6 Å². The Hall–Kier alpha value is -2.44. The Labute approximate surface area is 161 Å². The number of hydrogen-bond acceptors (Lipinski definition) is 3. The molecule has 2 aromatic rings. The summed E-state index contributed by atoms with van der Waals surface area (Å²) in [7, 11) is 0. The smallest absolute Gasteiger partial charge is 0.292 e. The molecule has 0 aromatic heterocycles. The van der Waals surface area contributed by atoms with Gasteiger partial charge in [-0.25, -0.2) is 9.29 Å². The standard InChI is InChI=1S/C20H19ClFN3O2/c21-14-4-3-5-15(12-14)23-8-10-24(11-9-23)18-13-19(26)25(20(18)27)17-7-2-1-6-16(17)22/h1-7,12,18H,8-11,13H2/p+1/t18-/m0/s1. The maximum atomic E-state index is 14.1. The number of nitrogens with zero attached hydrogens (tertiary/aromatic N) is 2. The van der Waals surface area contributed by atoms with Gasteiger partial charge in [0.1, 0.15) is 5.82 Å². The van der Waals surface area contributed by atoms with E-state index < -0.39 is 11.9 Å². The van der Waals surface area contributed by atoms with Crippen molar-refractivity contribution in [2.24, 2.45) is 0 Å². The number of benzene rings is 2. The predicted octanol–water partition coefficient (Wildman–Crippen LogP) is 1.52. The number of imide groups is 1. The summed E-state index contributed by atoms with van der Waals surface area (Å²) in [5, 5.41) is 0.694. The highest BCUT2D eigenvalue weighted by Crippen LogP contribution is 2.25. The molecule has 4 rings (SSSR count). The minimum atomic E-state index is -0.555. The second kappa shape index (κ2) is 7.29. The summed E-state index contributed by atoms with van der Waals surface area (Å²) in [6, 6.07) is 13.2. The molecule has 0 unspecified atom stereocenters. The van der Waals surface area contributed by atoms with Gasteiger partial charge in [-0.3, -0.25) is 9.59 Å². The van der Waals surface area contributed by atoms with Crippen LogP contribution in [0.15, 0.2) is 48.5 Å². The third kappa shape index (κ3) is 3.42. The molecule has 2 aliphatic heterocycles. The van der Waals surface area contributed by atoms with Crippen molar-refractivity contribution in [3.8, 4) is 0 Å². The highest BCUT2D eigenvalue weighted by molar-refractivity contribution is 6.30. The van der Waals surface area contributed by atoms with Crippen LogP contribution in [0.4, 0.5) is 15.8 Å². The first kappa shape index (κ1) is 17.9. The van der Waals surface area contributed by atoms with Crippen LogP contribution in [0.2, 0.25) is 5.02 Å². The molecule has 0 aliphatic carbocycles. The number of piperazine rings is 1. The van der Waals surface area contributed by atoms with Crippen molar-refractivity contribution >= 4 is 34.8 Å². The van der Waals surface area contributed by atoms with Crippen LogP contribution < -0.4 is 14.7 Å². The van der Waals surface area contributed by atoms with Gasteiger partial charge in [0.25, 0.3) is 5.91 Å². The lowest BCUT2D eigenvalue weighted by Crippen LogP contribution is -3.19. The molecular formula is C20H20ClFN3O2+. The van der Waals surface area contributed by atoms with Gasteiger partial charge in [0.15, 0.2) is 6.04 Å². The first-order valence-corrected chi connectivity index (χ1v) is 9.39. The number of anilines is 2.